The highest BCUT2D eigenvalue weighted by atomic mass is 19.4. The molecule has 4 rings (SSSR count). The Balaban J connectivity index is 1.78. The summed E-state index contributed by atoms with van der Waals surface area (Å²) in [4.78, 5) is 21.0. The zero-order valence-electron chi connectivity index (χ0n) is 22.6. The van der Waals surface area contributed by atoms with Gasteiger partial charge in [-0.15, -0.1) is 0 Å². The van der Waals surface area contributed by atoms with Gasteiger partial charge < -0.3 is 14.0 Å². The number of aromatic nitrogens is 2. The van der Waals surface area contributed by atoms with Gasteiger partial charge in [-0.2, -0.15) is 13.2 Å². The number of nitrogens with zero attached hydrogens (tertiary/aromatic N) is 4. The Kier molecular flexibility index (Phi) is 7.88. The summed E-state index contributed by atoms with van der Waals surface area (Å²) in [6.45, 7) is 14.4. The van der Waals surface area contributed by atoms with Crippen molar-refractivity contribution in [3.63, 3.8) is 0 Å². The first kappa shape index (κ1) is 27.7. The topological polar surface area (TPSA) is 50.1 Å². The molecule has 0 atom stereocenters. The molecule has 0 radical (unpaired) electrons. The third kappa shape index (κ3) is 5.88. The van der Waals surface area contributed by atoms with Crippen molar-refractivity contribution in [2.24, 2.45) is 0 Å². The van der Waals surface area contributed by atoms with Gasteiger partial charge in [-0.1, -0.05) is 20.4 Å². The number of rotatable bonds is 7. The Hall–Kier alpha value is -3.33. The molecule has 0 spiro atoms. The lowest BCUT2D eigenvalue weighted by atomic mass is 10.00. The fourth-order valence-electron chi connectivity index (χ4n) is 4.94. The summed E-state index contributed by atoms with van der Waals surface area (Å²) in [5.41, 5.74) is 6.27. The number of pyridine rings is 2. The maximum atomic E-state index is 13.2. The van der Waals surface area contributed by atoms with E-state index < -0.39 is 18.7 Å². The molecule has 3 aromatic rings. The van der Waals surface area contributed by atoms with Crippen LogP contribution in [0.1, 0.15) is 60.9 Å². The first-order chi connectivity index (χ1) is 17.9. The van der Waals surface area contributed by atoms with Crippen molar-refractivity contribution in [1.29, 1.82) is 0 Å². The Morgan fingerprint density at radius 2 is 1.79 bits per heavy atom. The maximum absolute atomic E-state index is 13.2. The lowest BCUT2D eigenvalue weighted by Gasteiger charge is -2.37. The average molecular weight is 529 g/mol. The standard InChI is InChI=1S/C29H35F3N4O2/c1-18(2)25-15-22(7-9-33-25)23-8-10-36-26(23)16-24(28(37)38-19(3)4)20(5)27(36)21(6)35-13-11-34(12-14-35)17-29(30,31)32/h7-10,15-16,18-19H,6,11-14,17H2,1-5H3. The van der Waals surface area contributed by atoms with Gasteiger partial charge in [-0.05, 0) is 62.1 Å². The molecule has 0 unspecified atom stereocenters. The summed E-state index contributed by atoms with van der Waals surface area (Å²) in [5.74, 6) is -0.164. The van der Waals surface area contributed by atoms with Gasteiger partial charge in [0.2, 0.25) is 0 Å². The number of carbonyl (C=O) groups is 1. The SMILES string of the molecule is C=C(c1c(C)c(C(=O)OC(C)C)cc2c(-c3ccnc(C(C)C)c3)ccn12)N1CCN(CC(F)(F)F)CC1. The van der Waals surface area contributed by atoms with Gasteiger partial charge in [-0.3, -0.25) is 9.88 Å². The number of hydrogen-bond acceptors (Lipinski definition) is 5. The molecule has 1 aliphatic heterocycles. The first-order valence-electron chi connectivity index (χ1n) is 12.9. The summed E-state index contributed by atoms with van der Waals surface area (Å²) in [6.07, 6.45) is -0.773. The molecule has 204 valence electrons. The molecule has 0 amide bonds. The second kappa shape index (κ2) is 10.8. The van der Waals surface area contributed by atoms with Gasteiger partial charge in [0, 0.05) is 49.8 Å². The largest absolute Gasteiger partial charge is 0.459 e. The number of piperazine rings is 1. The van der Waals surface area contributed by atoms with Gasteiger partial charge >= 0.3 is 12.1 Å². The zero-order chi connectivity index (χ0) is 27.8. The minimum atomic E-state index is -4.23. The Bertz CT molecular complexity index is 1340. The smallest absolute Gasteiger partial charge is 0.401 e. The molecule has 1 fully saturated rings. The molecule has 6 nitrogen and oxygen atoms in total. The molecule has 9 heteroatoms. The molecule has 0 saturated carbocycles. The number of alkyl halides is 3. The lowest BCUT2D eigenvalue weighted by molar-refractivity contribution is -0.148. The average Bonchev–Trinajstić information content (AvgIpc) is 3.26. The molecule has 0 bridgehead atoms. The molecule has 1 saturated heterocycles. The van der Waals surface area contributed by atoms with Crippen molar-refractivity contribution < 1.29 is 22.7 Å². The van der Waals surface area contributed by atoms with Crippen molar-refractivity contribution in [2.75, 3.05) is 32.7 Å². The van der Waals surface area contributed by atoms with E-state index in [0.717, 1.165) is 28.0 Å². The van der Waals surface area contributed by atoms with Gasteiger partial charge in [0.25, 0.3) is 0 Å². The fraction of sp³-hybridized carbons (Fsp3) is 0.448. The molecule has 0 aromatic carbocycles. The van der Waals surface area contributed by atoms with E-state index in [1.807, 2.05) is 40.6 Å². The molecule has 1 aliphatic rings. The molecule has 0 aliphatic carbocycles. The van der Waals surface area contributed by atoms with Crippen molar-refractivity contribution >= 4 is 17.2 Å². The predicted molar refractivity (Wildman–Crippen MR) is 143 cm³/mol. The third-order valence-electron chi connectivity index (χ3n) is 6.88. The van der Waals surface area contributed by atoms with E-state index >= 15 is 0 Å². The second-order valence-electron chi connectivity index (χ2n) is 10.4. The lowest BCUT2D eigenvalue weighted by Crippen LogP contribution is -2.48. The zero-order valence-corrected chi connectivity index (χ0v) is 22.6. The Morgan fingerprint density at radius 3 is 2.39 bits per heavy atom. The third-order valence-corrected chi connectivity index (χ3v) is 6.88. The molecular formula is C29H35F3N4O2. The van der Waals surface area contributed by atoms with Crippen LogP contribution in [-0.4, -0.2) is 70.2 Å². The van der Waals surface area contributed by atoms with Crippen molar-refractivity contribution in [2.45, 2.75) is 52.8 Å². The van der Waals surface area contributed by atoms with Crippen LogP contribution in [0.3, 0.4) is 0 Å². The van der Waals surface area contributed by atoms with Gasteiger partial charge in [0.1, 0.15) is 0 Å². The summed E-state index contributed by atoms with van der Waals surface area (Å²) >= 11 is 0. The molecule has 4 heterocycles. The Morgan fingerprint density at radius 1 is 1.11 bits per heavy atom. The van der Waals surface area contributed by atoms with Crippen LogP contribution in [0.25, 0.3) is 22.3 Å². The van der Waals surface area contributed by atoms with Crippen LogP contribution >= 0.6 is 0 Å². The molecule has 3 aromatic heterocycles. The minimum Gasteiger partial charge on any atom is -0.459 e. The van der Waals surface area contributed by atoms with Crippen LogP contribution in [-0.2, 0) is 4.74 Å². The summed E-state index contributed by atoms with van der Waals surface area (Å²) in [7, 11) is 0. The maximum Gasteiger partial charge on any atom is 0.401 e. The number of fused-ring (bicyclic) bond motifs is 1. The quantitative estimate of drug-likeness (QED) is 0.345. The molecular weight excluding hydrogens is 493 g/mol. The first-order valence-corrected chi connectivity index (χ1v) is 12.9. The van der Waals surface area contributed by atoms with Crippen LogP contribution in [0.15, 0.2) is 43.2 Å². The normalized spacial score (nSPS) is 15.1. The highest BCUT2D eigenvalue weighted by Gasteiger charge is 2.33. The van der Waals surface area contributed by atoms with Crippen molar-refractivity contribution in [1.82, 2.24) is 19.2 Å². The Labute approximate surface area is 221 Å². The van der Waals surface area contributed by atoms with Crippen molar-refractivity contribution in [3.05, 3.63) is 65.8 Å². The van der Waals surface area contributed by atoms with E-state index in [9.17, 15) is 18.0 Å². The number of esters is 1. The van der Waals surface area contributed by atoms with Crippen LogP contribution in [0, 0.1) is 6.92 Å². The second-order valence-corrected chi connectivity index (χ2v) is 10.4. The molecule has 38 heavy (non-hydrogen) atoms. The van der Waals surface area contributed by atoms with E-state index in [1.54, 1.807) is 20.0 Å². The van der Waals surface area contributed by atoms with Gasteiger partial charge in [0.05, 0.1) is 35.1 Å². The molecule has 0 N–H and O–H groups in total. The van der Waals surface area contributed by atoms with Crippen LogP contribution < -0.4 is 0 Å². The van der Waals surface area contributed by atoms with E-state index in [4.69, 9.17) is 4.74 Å². The number of carbonyl (C=O) groups excluding carboxylic acids is 1. The number of hydrogen-bond donors (Lipinski definition) is 0. The predicted octanol–water partition coefficient (Wildman–Crippen LogP) is 6.15. The minimum absolute atomic E-state index is 0.258. The van der Waals surface area contributed by atoms with E-state index in [0.29, 0.717) is 29.9 Å². The fourth-order valence-corrected chi connectivity index (χ4v) is 4.94. The van der Waals surface area contributed by atoms with Crippen molar-refractivity contribution in [3.8, 4) is 11.1 Å². The highest BCUT2D eigenvalue weighted by molar-refractivity contribution is 5.96. The monoisotopic (exact) mass is 528 g/mol. The van der Waals surface area contributed by atoms with Crippen LogP contribution in [0.4, 0.5) is 13.2 Å². The number of ether oxygens (including phenoxy) is 1. The van der Waals surface area contributed by atoms with E-state index in [1.165, 1.54) is 4.90 Å². The van der Waals surface area contributed by atoms with Gasteiger partial charge in [-0.25, -0.2) is 4.79 Å². The van der Waals surface area contributed by atoms with Crippen LogP contribution in [0.5, 0.6) is 0 Å². The van der Waals surface area contributed by atoms with E-state index in [2.05, 4.69) is 31.5 Å². The highest BCUT2D eigenvalue weighted by Crippen LogP contribution is 2.34. The van der Waals surface area contributed by atoms with Gasteiger partial charge in [0.15, 0.2) is 0 Å². The number of halogens is 3. The van der Waals surface area contributed by atoms with E-state index in [-0.39, 0.29) is 25.1 Å². The summed E-state index contributed by atoms with van der Waals surface area (Å²) < 4.78 is 46.2. The summed E-state index contributed by atoms with van der Waals surface area (Å²) in [6, 6.07) is 7.86. The van der Waals surface area contributed by atoms with Crippen LogP contribution in [0.2, 0.25) is 0 Å². The summed E-state index contributed by atoms with van der Waals surface area (Å²) in [5, 5.41) is 0.